The molecule has 0 aliphatic carbocycles. The largest absolute Gasteiger partial charge is 0.394 e. The summed E-state index contributed by atoms with van der Waals surface area (Å²) in [6, 6.07) is 9.83. The summed E-state index contributed by atoms with van der Waals surface area (Å²) in [5, 5.41) is 19.5. The van der Waals surface area contributed by atoms with Crippen molar-refractivity contribution in [1.29, 1.82) is 0 Å². The zero-order valence-corrected chi connectivity index (χ0v) is 11.3. The zero-order valence-electron chi connectivity index (χ0n) is 9.71. The summed E-state index contributed by atoms with van der Waals surface area (Å²) >= 11 is 7.64. The second-order valence-corrected chi connectivity index (χ2v) is 5.37. The lowest BCUT2D eigenvalue weighted by atomic mass is 10.2. The van der Waals surface area contributed by atoms with Crippen molar-refractivity contribution >= 4 is 34.3 Å². The number of thioether (sulfide) groups is 1. The monoisotopic (exact) mass is 283 g/mol. The van der Waals surface area contributed by atoms with E-state index in [9.17, 15) is 5.11 Å². The third kappa shape index (κ3) is 3.36. The Morgan fingerprint density at radius 1 is 1.33 bits per heavy atom. The van der Waals surface area contributed by atoms with Crippen LogP contribution in [0.2, 0.25) is 5.15 Å². The number of benzene rings is 1. The van der Waals surface area contributed by atoms with E-state index >= 15 is 0 Å². The third-order valence-corrected chi connectivity index (χ3v) is 3.99. The van der Waals surface area contributed by atoms with Crippen LogP contribution in [0.1, 0.15) is 5.56 Å². The van der Waals surface area contributed by atoms with Gasteiger partial charge >= 0.3 is 0 Å². The number of hydrogen-bond acceptors (Lipinski definition) is 4. The Kier molecular flexibility index (Phi) is 4.83. The smallest absolute Gasteiger partial charge is 0.133 e. The molecule has 1 aromatic carbocycles. The molecule has 3 nitrogen and oxygen atoms in total. The predicted octanol–water partition coefficient (Wildman–Crippen LogP) is 2.47. The fourth-order valence-corrected chi connectivity index (χ4v) is 2.82. The van der Waals surface area contributed by atoms with Gasteiger partial charge in [-0.2, -0.15) is 11.8 Å². The number of aliphatic hydroxyl groups is 2. The lowest BCUT2D eigenvalue weighted by Crippen LogP contribution is -2.14. The Hall–Kier alpha value is -0.810. The molecule has 1 heterocycles. The molecule has 0 aliphatic heterocycles. The van der Waals surface area contributed by atoms with Crippen molar-refractivity contribution in [2.75, 3.05) is 12.4 Å². The molecule has 2 rings (SSSR count). The number of aliphatic hydroxyl groups excluding tert-OH is 2. The lowest BCUT2D eigenvalue weighted by Gasteiger charge is -2.08. The van der Waals surface area contributed by atoms with E-state index in [0.29, 0.717) is 16.7 Å². The van der Waals surface area contributed by atoms with Crippen LogP contribution in [0.3, 0.4) is 0 Å². The molecule has 0 spiro atoms. The minimum atomic E-state index is -0.679. The quantitative estimate of drug-likeness (QED) is 0.828. The van der Waals surface area contributed by atoms with E-state index in [1.165, 1.54) is 11.8 Å². The Bertz CT molecular complexity index is 535. The summed E-state index contributed by atoms with van der Waals surface area (Å²) in [6.07, 6.45) is -0.679. The van der Waals surface area contributed by atoms with Gasteiger partial charge < -0.3 is 10.2 Å². The Morgan fingerprint density at radius 3 is 2.89 bits per heavy atom. The van der Waals surface area contributed by atoms with Crippen molar-refractivity contribution in [1.82, 2.24) is 4.98 Å². The van der Waals surface area contributed by atoms with Crippen molar-refractivity contribution in [3.63, 3.8) is 0 Å². The van der Waals surface area contributed by atoms with Crippen molar-refractivity contribution in [3.05, 3.63) is 41.0 Å². The van der Waals surface area contributed by atoms with Crippen LogP contribution in [0, 0.1) is 0 Å². The molecule has 1 unspecified atom stereocenters. The van der Waals surface area contributed by atoms with Crippen LogP contribution in [-0.2, 0) is 5.75 Å². The second kappa shape index (κ2) is 6.38. The first-order valence-electron chi connectivity index (χ1n) is 5.61. The molecular formula is C13H14ClNO2S. The minimum Gasteiger partial charge on any atom is -0.394 e. The zero-order chi connectivity index (χ0) is 13.0. The van der Waals surface area contributed by atoms with Gasteiger partial charge in [-0.1, -0.05) is 29.8 Å². The molecule has 96 valence electrons. The molecule has 0 saturated carbocycles. The van der Waals surface area contributed by atoms with Crippen LogP contribution in [0.4, 0.5) is 0 Å². The Balaban J connectivity index is 2.10. The van der Waals surface area contributed by atoms with E-state index in [0.717, 1.165) is 16.5 Å². The number of aromatic nitrogens is 1. The number of hydrogen-bond donors (Lipinski definition) is 2. The first kappa shape index (κ1) is 13.6. The maximum atomic E-state index is 9.26. The maximum absolute atomic E-state index is 9.26. The van der Waals surface area contributed by atoms with E-state index in [1.54, 1.807) is 0 Å². The van der Waals surface area contributed by atoms with E-state index in [-0.39, 0.29) is 6.61 Å². The molecule has 1 atom stereocenters. The van der Waals surface area contributed by atoms with Gasteiger partial charge in [0.25, 0.3) is 0 Å². The van der Waals surface area contributed by atoms with Gasteiger partial charge in [-0.05, 0) is 12.1 Å². The molecule has 18 heavy (non-hydrogen) atoms. The molecule has 0 saturated heterocycles. The Labute approximate surface area is 115 Å². The summed E-state index contributed by atoms with van der Waals surface area (Å²) in [4.78, 5) is 4.33. The molecule has 0 bridgehead atoms. The van der Waals surface area contributed by atoms with Gasteiger partial charge in [0.2, 0.25) is 0 Å². The van der Waals surface area contributed by atoms with Crippen LogP contribution < -0.4 is 0 Å². The van der Waals surface area contributed by atoms with E-state index < -0.39 is 6.10 Å². The van der Waals surface area contributed by atoms with Gasteiger partial charge in [0, 0.05) is 22.5 Å². The molecule has 0 aliphatic rings. The van der Waals surface area contributed by atoms with E-state index in [2.05, 4.69) is 4.98 Å². The normalized spacial score (nSPS) is 12.8. The van der Waals surface area contributed by atoms with Crippen LogP contribution in [0.25, 0.3) is 10.9 Å². The van der Waals surface area contributed by atoms with Crippen LogP contribution >= 0.6 is 23.4 Å². The van der Waals surface area contributed by atoms with Gasteiger partial charge in [0.1, 0.15) is 5.15 Å². The molecule has 1 aromatic heterocycles. The van der Waals surface area contributed by atoms with Gasteiger partial charge in [0.05, 0.1) is 18.2 Å². The fourth-order valence-electron chi connectivity index (χ4n) is 1.60. The highest BCUT2D eigenvalue weighted by atomic mass is 35.5. The maximum Gasteiger partial charge on any atom is 0.133 e. The summed E-state index contributed by atoms with van der Waals surface area (Å²) < 4.78 is 0. The number of rotatable bonds is 5. The molecular weight excluding hydrogens is 270 g/mol. The highest BCUT2D eigenvalue weighted by Gasteiger charge is 2.07. The number of fused-ring (bicyclic) bond motifs is 1. The van der Waals surface area contributed by atoms with Crippen molar-refractivity contribution in [2.24, 2.45) is 0 Å². The van der Waals surface area contributed by atoms with Gasteiger partial charge in [0.15, 0.2) is 0 Å². The Morgan fingerprint density at radius 2 is 2.11 bits per heavy atom. The van der Waals surface area contributed by atoms with Gasteiger partial charge in [-0.15, -0.1) is 0 Å². The first-order valence-corrected chi connectivity index (χ1v) is 7.15. The minimum absolute atomic E-state index is 0.212. The van der Waals surface area contributed by atoms with Crippen molar-refractivity contribution in [2.45, 2.75) is 11.9 Å². The summed E-state index contributed by atoms with van der Waals surface area (Å²) in [6.45, 7) is -0.212. The van der Waals surface area contributed by atoms with Crippen LogP contribution in [0.5, 0.6) is 0 Å². The fraction of sp³-hybridized carbons (Fsp3) is 0.308. The number of nitrogens with zero attached hydrogens (tertiary/aromatic N) is 1. The molecule has 2 N–H and O–H groups in total. The van der Waals surface area contributed by atoms with Crippen molar-refractivity contribution in [3.8, 4) is 0 Å². The van der Waals surface area contributed by atoms with Crippen LogP contribution in [0.15, 0.2) is 30.3 Å². The summed E-state index contributed by atoms with van der Waals surface area (Å²) in [5.74, 6) is 1.16. The predicted molar refractivity (Wildman–Crippen MR) is 76.0 cm³/mol. The average molecular weight is 284 g/mol. The summed E-state index contributed by atoms with van der Waals surface area (Å²) in [7, 11) is 0. The van der Waals surface area contributed by atoms with Crippen LogP contribution in [-0.4, -0.2) is 33.7 Å². The number of pyridine rings is 1. The molecule has 0 radical (unpaired) electrons. The highest BCUT2D eigenvalue weighted by Crippen LogP contribution is 2.24. The highest BCUT2D eigenvalue weighted by molar-refractivity contribution is 7.98. The standard InChI is InChI=1S/C13H14ClNO2S/c14-13-10(7-18-8-11(17)6-16)5-9-3-1-2-4-12(9)15-13/h1-5,11,16-17H,6-8H2. The van der Waals surface area contributed by atoms with E-state index in [4.69, 9.17) is 16.7 Å². The number of para-hydroxylation sites is 1. The lowest BCUT2D eigenvalue weighted by molar-refractivity contribution is 0.113. The van der Waals surface area contributed by atoms with E-state index in [1.807, 2.05) is 30.3 Å². The molecule has 2 aromatic rings. The first-order chi connectivity index (χ1) is 8.70. The van der Waals surface area contributed by atoms with Crippen molar-refractivity contribution < 1.29 is 10.2 Å². The topological polar surface area (TPSA) is 53.4 Å². The molecule has 0 fully saturated rings. The third-order valence-electron chi connectivity index (χ3n) is 2.53. The number of halogens is 1. The van der Waals surface area contributed by atoms with Gasteiger partial charge in [-0.3, -0.25) is 0 Å². The summed E-state index contributed by atoms with van der Waals surface area (Å²) in [5.41, 5.74) is 1.83. The average Bonchev–Trinajstić information content (AvgIpc) is 2.39. The SMILES string of the molecule is OCC(O)CSCc1cc2ccccc2nc1Cl. The molecule has 5 heteroatoms. The molecule has 0 amide bonds. The van der Waals surface area contributed by atoms with Gasteiger partial charge in [-0.25, -0.2) is 4.98 Å². The second-order valence-electron chi connectivity index (χ2n) is 3.98.